The third-order valence-corrected chi connectivity index (χ3v) is 0.624. The SMILES string of the molecule is C=C(C)C(=O)OCC.[Cl][Cr]([Cl])[Cl]. The second kappa shape index (κ2) is 9.70. The van der Waals surface area contributed by atoms with Crippen molar-refractivity contribution in [3.05, 3.63) is 12.2 Å². The summed E-state index contributed by atoms with van der Waals surface area (Å²) in [5, 5.41) is 0. The van der Waals surface area contributed by atoms with Gasteiger partial charge in [0.25, 0.3) is 0 Å². The first-order valence-electron chi connectivity index (χ1n) is 2.97. The van der Waals surface area contributed by atoms with Gasteiger partial charge in [-0.25, -0.2) is 4.79 Å². The van der Waals surface area contributed by atoms with Crippen LogP contribution >= 0.6 is 30.1 Å². The van der Waals surface area contributed by atoms with Crippen molar-refractivity contribution in [2.75, 3.05) is 6.61 Å². The first kappa shape index (κ1) is 15.1. The van der Waals surface area contributed by atoms with Crippen LogP contribution in [0.4, 0.5) is 0 Å². The number of halogens is 3. The van der Waals surface area contributed by atoms with Crippen molar-refractivity contribution in [1.82, 2.24) is 0 Å². The Labute approximate surface area is 89.4 Å². The molecule has 0 bridgehead atoms. The molecule has 0 N–H and O–H groups in total. The molecule has 0 aromatic heterocycles. The topological polar surface area (TPSA) is 26.3 Å². The molecule has 0 atom stereocenters. The van der Waals surface area contributed by atoms with Crippen LogP contribution in [0.5, 0.6) is 0 Å². The molecule has 0 rings (SSSR count). The van der Waals surface area contributed by atoms with Gasteiger partial charge in [0.1, 0.15) is 0 Å². The third kappa shape index (κ3) is 16.9. The fraction of sp³-hybridized carbons (Fsp3) is 0.500. The number of hydrogen-bond acceptors (Lipinski definition) is 2. The Balaban J connectivity index is 0. The summed E-state index contributed by atoms with van der Waals surface area (Å²) in [5.74, 6) is -0.312. The van der Waals surface area contributed by atoms with E-state index in [1.165, 1.54) is 0 Å². The third-order valence-electron chi connectivity index (χ3n) is 0.624. The minimum atomic E-state index is -1.62. The second-order valence-corrected chi connectivity index (χ2v) is 7.99. The monoisotopic (exact) mass is 271 g/mol. The van der Waals surface area contributed by atoms with Gasteiger partial charge in [0.2, 0.25) is 0 Å². The molecule has 73 valence electrons. The van der Waals surface area contributed by atoms with Crippen molar-refractivity contribution in [3.63, 3.8) is 0 Å². The van der Waals surface area contributed by atoms with E-state index in [-0.39, 0.29) is 5.97 Å². The number of carbonyl (C=O) groups is 1. The molecule has 0 saturated carbocycles. The zero-order valence-corrected chi connectivity index (χ0v) is 10.3. The molecule has 0 saturated heterocycles. The van der Waals surface area contributed by atoms with Crippen LogP contribution in [0.1, 0.15) is 13.8 Å². The van der Waals surface area contributed by atoms with Gasteiger partial charge in [0.05, 0.1) is 6.61 Å². The molecule has 0 aliphatic carbocycles. The number of rotatable bonds is 2. The molecule has 0 amide bonds. The normalized spacial score (nSPS) is 8.50. The van der Waals surface area contributed by atoms with Crippen LogP contribution < -0.4 is 0 Å². The molecule has 0 fully saturated rings. The molecule has 0 aliphatic heterocycles. The fourth-order valence-electron chi connectivity index (χ4n) is 0.254. The van der Waals surface area contributed by atoms with Gasteiger partial charge in [-0.2, -0.15) is 0 Å². The molecule has 0 heterocycles. The van der Waals surface area contributed by atoms with Crippen molar-refractivity contribution in [3.8, 4) is 0 Å². The fourth-order valence-corrected chi connectivity index (χ4v) is 0.254. The Bertz CT molecular complexity index is 147. The summed E-state index contributed by atoms with van der Waals surface area (Å²) in [5.41, 5.74) is 0.451. The van der Waals surface area contributed by atoms with Gasteiger partial charge in [0.15, 0.2) is 0 Å². The minimum absolute atomic E-state index is 0.312. The van der Waals surface area contributed by atoms with Gasteiger partial charge in [-0.3, -0.25) is 0 Å². The molecule has 0 spiro atoms. The molecule has 0 aliphatic rings. The van der Waals surface area contributed by atoms with E-state index in [0.29, 0.717) is 12.2 Å². The van der Waals surface area contributed by atoms with Crippen molar-refractivity contribution in [2.45, 2.75) is 13.8 Å². The summed E-state index contributed by atoms with van der Waals surface area (Å²) in [4.78, 5) is 10.4. The summed E-state index contributed by atoms with van der Waals surface area (Å²) in [6.45, 7) is 7.21. The van der Waals surface area contributed by atoms with E-state index in [9.17, 15) is 4.79 Å². The number of hydrogen-bond donors (Lipinski definition) is 0. The Morgan fingerprint density at radius 3 is 1.92 bits per heavy atom. The van der Waals surface area contributed by atoms with Crippen LogP contribution in [0.25, 0.3) is 0 Å². The Morgan fingerprint density at radius 1 is 1.50 bits per heavy atom. The molecule has 6 heteroatoms. The summed E-state index contributed by atoms with van der Waals surface area (Å²) < 4.78 is 4.56. The van der Waals surface area contributed by atoms with Crippen LogP contribution in [0.15, 0.2) is 12.2 Å². The number of carbonyl (C=O) groups excluding carboxylic acids is 1. The molecule has 0 radical (unpaired) electrons. The first-order valence-corrected chi connectivity index (χ1v) is 8.23. The molecule has 0 aromatic carbocycles. The van der Waals surface area contributed by atoms with Crippen molar-refractivity contribution in [2.24, 2.45) is 0 Å². The van der Waals surface area contributed by atoms with E-state index < -0.39 is 11.4 Å². The average molecular weight is 272 g/mol. The van der Waals surface area contributed by atoms with Crippen molar-refractivity contribution < 1.29 is 20.9 Å². The summed E-state index contributed by atoms with van der Waals surface area (Å²) >= 11 is -1.62. The predicted octanol–water partition coefficient (Wildman–Crippen LogP) is 3.19. The second-order valence-electron chi connectivity index (χ2n) is 1.68. The zero-order chi connectivity index (χ0) is 10.1. The van der Waals surface area contributed by atoms with Crippen LogP contribution in [0.3, 0.4) is 0 Å². The van der Waals surface area contributed by atoms with E-state index in [2.05, 4.69) is 11.3 Å². The van der Waals surface area contributed by atoms with E-state index in [1.54, 1.807) is 13.8 Å². The van der Waals surface area contributed by atoms with Gasteiger partial charge in [-0.05, 0) is 13.8 Å². The van der Waals surface area contributed by atoms with E-state index in [1.807, 2.05) is 0 Å². The maximum atomic E-state index is 10.4. The summed E-state index contributed by atoms with van der Waals surface area (Å²) in [7, 11) is 14.8. The molecule has 12 heavy (non-hydrogen) atoms. The van der Waals surface area contributed by atoms with Crippen molar-refractivity contribution in [1.29, 1.82) is 0 Å². The molecule has 0 aromatic rings. The Morgan fingerprint density at radius 2 is 1.83 bits per heavy atom. The van der Waals surface area contributed by atoms with Crippen molar-refractivity contribution >= 4 is 36.1 Å². The van der Waals surface area contributed by atoms with Gasteiger partial charge in [0, 0.05) is 5.57 Å². The Kier molecular flexibility index (Phi) is 12.2. The molecule has 0 unspecified atom stereocenters. The van der Waals surface area contributed by atoms with Gasteiger partial charge in [-0.1, -0.05) is 6.58 Å². The maximum absolute atomic E-state index is 10.4. The Hall–Kier alpha value is 0.612. The molecule has 2 nitrogen and oxygen atoms in total. The quantitative estimate of drug-likeness (QED) is 0.570. The molecular formula is C6H10Cl3CrO2. The van der Waals surface area contributed by atoms with Gasteiger partial charge >= 0.3 is 47.5 Å². The zero-order valence-electron chi connectivity index (χ0n) is 6.77. The van der Waals surface area contributed by atoms with Crippen LogP contribution in [-0.4, -0.2) is 12.6 Å². The van der Waals surface area contributed by atoms with Gasteiger partial charge in [-0.15, -0.1) is 0 Å². The number of ether oxygens (including phenoxy) is 1. The average Bonchev–Trinajstić information content (AvgIpc) is 1.86. The van der Waals surface area contributed by atoms with Crippen LogP contribution in [0.2, 0.25) is 0 Å². The number of esters is 1. The van der Waals surface area contributed by atoms with E-state index in [4.69, 9.17) is 30.1 Å². The van der Waals surface area contributed by atoms with Gasteiger partial charge < -0.3 is 4.74 Å². The summed E-state index contributed by atoms with van der Waals surface area (Å²) in [6.07, 6.45) is 0. The predicted molar refractivity (Wildman–Crippen MR) is 49.0 cm³/mol. The van der Waals surface area contributed by atoms with E-state index >= 15 is 0 Å². The van der Waals surface area contributed by atoms with E-state index in [0.717, 1.165) is 0 Å². The summed E-state index contributed by atoms with van der Waals surface area (Å²) in [6, 6.07) is 0. The van der Waals surface area contributed by atoms with Crippen LogP contribution in [-0.2, 0) is 20.9 Å². The first-order chi connectivity index (χ1) is 5.41. The standard InChI is InChI=1S/C6H10O2.3ClH.Cr/c1-4-8-6(7)5(2)3;;;;/h2,4H2,1,3H3;3*1H;/q;;;;+3/p-3. The van der Waals surface area contributed by atoms with Crippen LogP contribution in [0, 0.1) is 0 Å². The molecular weight excluding hydrogens is 262 g/mol.